The van der Waals surface area contributed by atoms with Gasteiger partial charge in [-0.1, -0.05) is 27.7 Å². The lowest BCUT2D eigenvalue weighted by Crippen LogP contribution is -2.42. The normalized spacial score (nSPS) is 25.0. The molecule has 2 unspecified atom stereocenters. The molecule has 1 aliphatic carbocycles. The summed E-state index contributed by atoms with van der Waals surface area (Å²) in [5.74, 6) is -0.596. The standard InChI is InChI=1S/C23H32N2O5S/c1-7-29-20(27)15-13-11-12-9-10-14(25(12)21(28)30-8-2)16(13)31-19(15)24-18(26)17-22(3,4)23(17,5)6/h12,14,17H,7-11H2,1-6H3,(H,24,26). The van der Waals surface area contributed by atoms with Crippen LogP contribution >= 0.6 is 11.3 Å². The van der Waals surface area contributed by atoms with E-state index in [1.165, 1.54) is 11.3 Å². The van der Waals surface area contributed by atoms with Gasteiger partial charge in [0, 0.05) is 16.8 Å². The Labute approximate surface area is 187 Å². The van der Waals surface area contributed by atoms with E-state index in [4.69, 9.17) is 9.47 Å². The Bertz CT molecular complexity index is 921. The first-order valence-electron chi connectivity index (χ1n) is 11.1. The second kappa shape index (κ2) is 7.50. The van der Waals surface area contributed by atoms with Gasteiger partial charge >= 0.3 is 12.1 Å². The van der Waals surface area contributed by atoms with Gasteiger partial charge in [0.1, 0.15) is 5.00 Å². The molecule has 2 aliphatic heterocycles. The van der Waals surface area contributed by atoms with Crippen molar-refractivity contribution in [2.24, 2.45) is 16.7 Å². The molecule has 4 rings (SSSR count). The lowest BCUT2D eigenvalue weighted by Gasteiger charge is -2.33. The van der Waals surface area contributed by atoms with Crippen LogP contribution in [0.1, 0.15) is 81.2 Å². The van der Waals surface area contributed by atoms with Crippen LogP contribution in [0, 0.1) is 16.7 Å². The molecule has 7 nitrogen and oxygen atoms in total. The molecule has 1 saturated heterocycles. The van der Waals surface area contributed by atoms with Gasteiger partial charge in [0.25, 0.3) is 0 Å². The maximum Gasteiger partial charge on any atom is 0.410 e. The Morgan fingerprint density at radius 3 is 2.29 bits per heavy atom. The summed E-state index contributed by atoms with van der Waals surface area (Å²) in [5, 5.41) is 3.60. The van der Waals surface area contributed by atoms with E-state index in [1.54, 1.807) is 13.8 Å². The second-order valence-corrected chi connectivity index (χ2v) is 10.8. The summed E-state index contributed by atoms with van der Waals surface area (Å²) in [4.78, 5) is 41.4. The van der Waals surface area contributed by atoms with Crippen LogP contribution < -0.4 is 5.32 Å². The van der Waals surface area contributed by atoms with Gasteiger partial charge in [-0.2, -0.15) is 0 Å². The smallest absolute Gasteiger partial charge is 0.410 e. The van der Waals surface area contributed by atoms with Gasteiger partial charge in [0.2, 0.25) is 5.91 Å². The summed E-state index contributed by atoms with van der Waals surface area (Å²) in [6, 6.07) is -0.116. The Hall–Kier alpha value is -2.09. The number of carbonyl (C=O) groups is 3. The number of nitrogens with zero attached hydrogens (tertiary/aromatic N) is 1. The van der Waals surface area contributed by atoms with Crippen molar-refractivity contribution in [2.45, 2.75) is 72.9 Å². The molecule has 31 heavy (non-hydrogen) atoms. The molecule has 0 radical (unpaired) electrons. The molecule has 1 aromatic rings. The average Bonchev–Trinajstić information content (AvgIpc) is 2.98. The first-order chi connectivity index (χ1) is 14.6. The topological polar surface area (TPSA) is 84.9 Å². The zero-order valence-corrected chi connectivity index (χ0v) is 20.0. The Kier molecular flexibility index (Phi) is 5.35. The van der Waals surface area contributed by atoms with Crippen molar-refractivity contribution in [3.8, 4) is 0 Å². The van der Waals surface area contributed by atoms with E-state index in [0.717, 1.165) is 23.3 Å². The molecular formula is C23H32N2O5S. The summed E-state index contributed by atoms with van der Waals surface area (Å²) in [5.41, 5.74) is 1.18. The molecule has 3 aliphatic rings. The summed E-state index contributed by atoms with van der Waals surface area (Å²) in [6.07, 6.45) is 1.97. The minimum atomic E-state index is -0.409. The van der Waals surface area contributed by atoms with Gasteiger partial charge in [-0.3, -0.25) is 9.69 Å². The lowest BCUT2D eigenvalue weighted by molar-refractivity contribution is -0.118. The Balaban J connectivity index is 1.69. The number of esters is 1. The minimum Gasteiger partial charge on any atom is -0.462 e. The quantitative estimate of drug-likeness (QED) is 0.656. The number of hydrogen-bond acceptors (Lipinski definition) is 6. The molecule has 2 amide bonds. The zero-order chi connectivity index (χ0) is 22.7. The summed E-state index contributed by atoms with van der Waals surface area (Å²) in [6.45, 7) is 12.6. The average molecular weight is 449 g/mol. The molecule has 2 atom stereocenters. The van der Waals surface area contributed by atoms with Crippen molar-refractivity contribution < 1.29 is 23.9 Å². The van der Waals surface area contributed by atoms with Gasteiger partial charge < -0.3 is 14.8 Å². The van der Waals surface area contributed by atoms with Crippen molar-refractivity contribution >= 4 is 34.3 Å². The number of thiophene rings is 1. The summed E-state index contributed by atoms with van der Waals surface area (Å²) in [7, 11) is 0. The predicted molar refractivity (Wildman–Crippen MR) is 118 cm³/mol. The first kappa shape index (κ1) is 22.1. The van der Waals surface area contributed by atoms with Crippen molar-refractivity contribution in [2.75, 3.05) is 18.5 Å². The number of amides is 2. The van der Waals surface area contributed by atoms with Gasteiger partial charge in [-0.05, 0) is 49.5 Å². The van der Waals surface area contributed by atoms with Crippen molar-refractivity contribution in [3.63, 3.8) is 0 Å². The molecule has 8 heteroatoms. The number of rotatable bonds is 5. The maximum absolute atomic E-state index is 13.1. The van der Waals surface area contributed by atoms with Crippen LogP contribution in [0.4, 0.5) is 9.80 Å². The highest BCUT2D eigenvalue weighted by atomic mass is 32.1. The molecule has 0 aromatic carbocycles. The third kappa shape index (κ3) is 3.25. The van der Waals surface area contributed by atoms with E-state index in [-0.39, 0.29) is 47.4 Å². The summed E-state index contributed by atoms with van der Waals surface area (Å²) < 4.78 is 10.6. The van der Waals surface area contributed by atoms with E-state index < -0.39 is 5.97 Å². The van der Waals surface area contributed by atoms with Crippen LogP contribution in [0.5, 0.6) is 0 Å². The third-order valence-electron chi connectivity index (χ3n) is 7.76. The molecule has 170 valence electrons. The van der Waals surface area contributed by atoms with Crippen LogP contribution in [0.15, 0.2) is 0 Å². The van der Waals surface area contributed by atoms with Crippen LogP contribution in [0.25, 0.3) is 0 Å². The molecule has 2 fully saturated rings. The van der Waals surface area contributed by atoms with E-state index in [2.05, 4.69) is 33.0 Å². The fraction of sp³-hybridized carbons (Fsp3) is 0.696. The van der Waals surface area contributed by atoms with Crippen LogP contribution in [-0.4, -0.2) is 42.1 Å². The monoisotopic (exact) mass is 448 g/mol. The Morgan fingerprint density at radius 1 is 1.06 bits per heavy atom. The van der Waals surface area contributed by atoms with E-state index in [0.29, 0.717) is 23.6 Å². The fourth-order valence-electron chi connectivity index (χ4n) is 5.55. The number of ether oxygens (including phenoxy) is 2. The maximum atomic E-state index is 13.1. The Morgan fingerprint density at radius 2 is 1.71 bits per heavy atom. The fourth-order valence-corrected chi connectivity index (χ4v) is 6.90. The molecule has 3 heterocycles. The highest BCUT2D eigenvalue weighted by molar-refractivity contribution is 7.17. The van der Waals surface area contributed by atoms with Crippen LogP contribution in [-0.2, 0) is 20.7 Å². The molecule has 1 saturated carbocycles. The van der Waals surface area contributed by atoms with E-state index >= 15 is 0 Å². The number of hydrogen-bond donors (Lipinski definition) is 1. The summed E-state index contributed by atoms with van der Waals surface area (Å²) >= 11 is 1.41. The second-order valence-electron chi connectivity index (χ2n) is 9.79. The zero-order valence-electron chi connectivity index (χ0n) is 19.2. The van der Waals surface area contributed by atoms with Crippen molar-refractivity contribution in [1.82, 2.24) is 4.90 Å². The molecule has 2 bridgehead atoms. The van der Waals surface area contributed by atoms with Crippen molar-refractivity contribution in [1.29, 1.82) is 0 Å². The SMILES string of the molecule is CCOC(=O)c1c(NC(=O)C2C(C)(C)C2(C)C)sc2c1CC1CCC2N1C(=O)OCC. The van der Waals surface area contributed by atoms with E-state index in [1.807, 2.05) is 4.90 Å². The predicted octanol–water partition coefficient (Wildman–Crippen LogP) is 4.76. The first-order valence-corrected chi connectivity index (χ1v) is 12.0. The van der Waals surface area contributed by atoms with Gasteiger partial charge in [-0.25, -0.2) is 9.59 Å². The van der Waals surface area contributed by atoms with Crippen molar-refractivity contribution in [3.05, 3.63) is 16.0 Å². The van der Waals surface area contributed by atoms with Gasteiger partial charge in [0.15, 0.2) is 0 Å². The molecule has 0 spiro atoms. The van der Waals surface area contributed by atoms with Gasteiger partial charge in [-0.15, -0.1) is 11.3 Å². The highest BCUT2D eigenvalue weighted by Gasteiger charge is 2.68. The van der Waals surface area contributed by atoms with Gasteiger partial charge in [0.05, 0.1) is 24.8 Å². The van der Waals surface area contributed by atoms with Crippen LogP contribution in [0.3, 0.4) is 0 Å². The number of carbonyl (C=O) groups excluding carboxylic acids is 3. The molecular weight excluding hydrogens is 416 g/mol. The molecule has 1 aromatic heterocycles. The third-order valence-corrected chi connectivity index (χ3v) is 9.01. The lowest BCUT2D eigenvalue weighted by atomic mass is 9.97. The number of anilines is 1. The molecule has 1 N–H and O–H groups in total. The number of fused-ring (bicyclic) bond motifs is 4. The highest BCUT2D eigenvalue weighted by Crippen LogP contribution is 2.68. The largest absolute Gasteiger partial charge is 0.462 e. The van der Waals surface area contributed by atoms with Crippen LogP contribution in [0.2, 0.25) is 0 Å². The van der Waals surface area contributed by atoms with E-state index in [9.17, 15) is 14.4 Å². The minimum absolute atomic E-state index is 0.00387. The number of nitrogens with one attached hydrogen (secondary N) is 1.